The molecule has 0 aromatic heterocycles. The van der Waals surface area contributed by atoms with Crippen LogP contribution in [0.3, 0.4) is 0 Å². The second kappa shape index (κ2) is 3.76. The Labute approximate surface area is 72.8 Å². The van der Waals surface area contributed by atoms with Crippen molar-refractivity contribution in [3.63, 3.8) is 0 Å². The van der Waals surface area contributed by atoms with Crippen LogP contribution in [0.2, 0.25) is 0 Å². The number of amides is 1. The first-order valence-corrected chi connectivity index (χ1v) is 4.22. The van der Waals surface area contributed by atoms with Crippen LogP contribution in [0.25, 0.3) is 0 Å². The summed E-state index contributed by atoms with van der Waals surface area (Å²) in [7, 11) is 4.03. The zero-order valence-corrected chi connectivity index (χ0v) is 7.66. The van der Waals surface area contributed by atoms with Gasteiger partial charge in [0.2, 0.25) is 0 Å². The summed E-state index contributed by atoms with van der Waals surface area (Å²) in [5, 5.41) is 8.68. The second-order valence-electron chi connectivity index (χ2n) is 3.65. The van der Waals surface area contributed by atoms with Gasteiger partial charge < -0.3 is 14.9 Å². The summed E-state index contributed by atoms with van der Waals surface area (Å²) < 4.78 is 0. The van der Waals surface area contributed by atoms with Gasteiger partial charge in [0, 0.05) is 19.6 Å². The van der Waals surface area contributed by atoms with Gasteiger partial charge in [-0.1, -0.05) is 0 Å². The van der Waals surface area contributed by atoms with Crippen LogP contribution in [0, 0.1) is 5.92 Å². The number of rotatable bonds is 2. The molecule has 70 valence electrons. The molecule has 0 aromatic rings. The maximum Gasteiger partial charge on any atom is 0.407 e. The summed E-state index contributed by atoms with van der Waals surface area (Å²) in [4.78, 5) is 14.1. The Morgan fingerprint density at radius 1 is 1.67 bits per heavy atom. The highest BCUT2D eigenvalue weighted by molar-refractivity contribution is 5.65. The average molecular weight is 172 g/mol. The minimum atomic E-state index is -0.781. The van der Waals surface area contributed by atoms with Crippen LogP contribution in [-0.2, 0) is 0 Å². The smallest absolute Gasteiger partial charge is 0.407 e. The van der Waals surface area contributed by atoms with Crippen molar-refractivity contribution < 1.29 is 9.90 Å². The topological polar surface area (TPSA) is 43.8 Å². The van der Waals surface area contributed by atoms with E-state index in [1.165, 1.54) is 4.90 Å². The lowest BCUT2D eigenvalue weighted by Crippen LogP contribution is -2.29. The summed E-state index contributed by atoms with van der Waals surface area (Å²) in [6.07, 6.45) is 0.223. The van der Waals surface area contributed by atoms with Crippen LogP contribution in [-0.4, -0.2) is 54.7 Å². The lowest BCUT2D eigenvalue weighted by atomic mass is 10.1. The van der Waals surface area contributed by atoms with Crippen molar-refractivity contribution in [2.75, 3.05) is 33.7 Å². The normalized spacial score (nSPS) is 23.6. The standard InChI is InChI=1S/C8H16N2O2/c1-9(2)5-7-3-4-10(6-7)8(11)12/h7H,3-6H2,1-2H3,(H,11,12). The Bertz CT molecular complexity index is 170. The van der Waals surface area contributed by atoms with Crippen LogP contribution in [0.4, 0.5) is 4.79 Å². The Balaban J connectivity index is 2.30. The predicted molar refractivity (Wildman–Crippen MR) is 46.3 cm³/mol. The number of carboxylic acid groups (broad SMARTS) is 1. The van der Waals surface area contributed by atoms with E-state index in [1.807, 2.05) is 14.1 Å². The summed E-state index contributed by atoms with van der Waals surface area (Å²) in [6.45, 7) is 2.39. The number of hydrogen-bond acceptors (Lipinski definition) is 2. The molecule has 1 N–H and O–H groups in total. The zero-order valence-electron chi connectivity index (χ0n) is 7.66. The molecule has 4 heteroatoms. The summed E-state index contributed by atoms with van der Waals surface area (Å²) in [5.41, 5.74) is 0. The minimum absolute atomic E-state index is 0.524. The highest BCUT2D eigenvalue weighted by Crippen LogP contribution is 2.16. The molecule has 1 heterocycles. The van der Waals surface area contributed by atoms with Gasteiger partial charge in [0.25, 0.3) is 0 Å². The minimum Gasteiger partial charge on any atom is -0.465 e. The molecule has 1 rings (SSSR count). The molecule has 1 fully saturated rings. The van der Waals surface area contributed by atoms with Gasteiger partial charge in [0.15, 0.2) is 0 Å². The molecule has 0 radical (unpaired) electrons. The number of carbonyl (C=O) groups is 1. The van der Waals surface area contributed by atoms with E-state index in [-0.39, 0.29) is 0 Å². The first-order chi connectivity index (χ1) is 5.59. The summed E-state index contributed by atoms with van der Waals surface area (Å²) in [5.74, 6) is 0.524. The molecule has 4 nitrogen and oxygen atoms in total. The maximum absolute atomic E-state index is 10.5. The van der Waals surface area contributed by atoms with Gasteiger partial charge in [-0.15, -0.1) is 0 Å². The molecule has 1 amide bonds. The van der Waals surface area contributed by atoms with Crippen molar-refractivity contribution in [2.45, 2.75) is 6.42 Å². The van der Waals surface area contributed by atoms with E-state index in [9.17, 15) is 4.79 Å². The fourth-order valence-electron chi connectivity index (χ4n) is 1.67. The predicted octanol–water partition coefficient (Wildman–Crippen LogP) is 0.548. The molecule has 0 aliphatic carbocycles. The van der Waals surface area contributed by atoms with Gasteiger partial charge in [0.1, 0.15) is 0 Å². The van der Waals surface area contributed by atoms with Crippen molar-refractivity contribution in [3.8, 4) is 0 Å². The SMILES string of the molecule is CN(C)CC1CCN(C(=O)O)C1. The molecule has 0 saturated carbocycles. The Hall–Kier alpha value is -0.770. The molecule has 0 aromatic carbocycles. The lowest BCUT2D eigenvalue weighted by Gasteiger charge is -2.16. The maximum atomic E-state index is 10.5. The molecule has 1 aliphatic heterocycles. The number of nitrogens with zero attached hydrogens (tertiary/aromatic N) is 2. The first-order valence-electron chi connectivity index (χ1n) is 4.22. The Kier molecular flexibility index (Phi) is 2.92. The molecule has 1 unspecified atom stereocenters. The van der Waals surface area contributed by atoms with Gasteiger partial charge in [-0.2, -0.15) is 0 Å². The van der Waals surface area contributed by atoms with Crippen LogP contribution in [0.15, 0.2) is 0 Å². The summed E-state index contributed by atoms with van der Waals surface area (Å²) in [6, 6.07) is 0. The fourth-order valence-corrected chi connectivity index (χ4v) is 1.67. The quantitative estimate of drug-likeness (QED) is 0.661. The van der Waals surface area contributed by atoms with Crippen molar-refractivity contribution in [2.24, 2.45) is 5.92 Å². The zero-order chi connectivity index (χ0) is 9.14. The van der Waals surface area contributed by atoms with Crippen molar-refractivity contribution in [1.29, 1.82) is 0 Å². The van der Waals surface area contributed by atoms with Crippen LogP contribution < -0.4 is 0 Å². The molecule has 0 bridgehead atoms. The van der Waals surface area contributed by atoms with E-state index in [0.717, 1.165) is 13.0 Å². The van der Waals surface area contributed by atoms with Gasteiger partial charge in [-0.25, -0.2) is 4.79 Å². The second-order valence-corrected chi connectivity index (χ2v) is 3.65. The van der Waals surface area contributed by atoms with E-state index in [4.69, 9.17) is 5.11 Å². The first kappa shape index (κ1) is 9.32. The molecular weight excluding hydrogens is 156 g/mol. The van der Waals surface area contributed by atoms with Gasteiger partial charge in [-0.05, 0) is 26.4 Å². The number of likely N-dealkylation sites (tertiary alicyclic amines) is 1. The van der Waals surface area contributed by atoms with Gasteiger partial charge in [0.05, 0.1) is 0 Å². The van der Waals surface area contributed by atoms with Crippen molar-refractivity contribution in [3.05, 3.63) is 0 Å². The largest absolute Gasteiger partial charge is 0.465 e. The Morgan fingerprint density at radius 2 is 2.33 bits per heavy atom. The van der Waals surface area contributed by atoms with Gasteiger partial charge >= 0.3 is 6.09 Å². The fraction of sp³-hybridized carbons (Fsp3) is 0.875. The van der Waals surface area contributed by atoms with E-state index < -0.39 is 6.09 Å². The van der Waals surface area contributed by atoms with Crippen molar-refractivity contribution in [1.82, 2.24) is 9.80 Å². The van der Waals surface area contributed by atoms with Crippen LogP contribution >= 0.6 is 0 Å². The third kappa shape index (κ3) is 2.37. The molecule has 1 atom stereocenters. The molecule has 12 heavy (non-hydrogen) atoms. The average Bonchev–Trinajstić information content (AvgIpc) is 2.34. The third-order valence-corrected chi connectivity index (χ3v) is 2.18. The molecule has 1 saturated heterocycles. The lowest BCUT2D eigenvalue weighted by molar-refractivity contribution is 0.153. The highest BCUT2D eigenvalue weighted by atomic mass is 16.4. The van der Waals surface area contributed by atoms with E-state index in [1.54, 1.807) is 0 Å². The third-order valence-electron chi connectivity index (χ3n) is 2.18. The molecular formula is C8H16N2O2. The molecule has 0 spiro atoms. The van der Waals surface area contributed by atoms with Crippen LogP contribution in [0.5, 0.6) is 0 Å². The highest BCUT2D eigenvalue weighted by Gasteiger charge is 2.25. The monoisotopic (exact) mass is 172 g/mol. The number of hydrogen-bond donors (Lipinski definition) is 1. The van der Waals surface area contributed by atoms with Crippen LogP contribution in [0.1, 0.15) is 6.42 Å². The van der Waals surface area contributed by atoms with Gasteiger partial charge in [-0.3, -0.25) is 0 Å². The Morgan fingerprint density at radius 3 is 2.75 bits per heavy atom. The molecule has 1 aliphatic rings. The van der Waals surface area contributed by atoms with E-state index in [0.29, 0.717) is 19.0 Å². The summed E-state index contributed by atoms with van der Waals surface area (Å²) >= 11 is 0. The van der Waals surface area contributed by atoms with E-state index >= 15 is 0 Å². The van der Waals surface area contributed by atoms with Crippen molar-refractivity contribution >= 4 is 6.09 Å². The van der Waals surface area contributed by atoms with E-state index in [2.05, 4.69) is 4.90 Å².